The van der Waals surface area contributed by atoms with Crippen LogP contribution in [0.1, 0.15) is 58.8 Å². The van der Waals surface area contributed by atoms with Gasteiger partial charge in [-0.3, -0.25) is 10.0 Å². The summed E-state index contributed by atoms with van der Waals surface area (Å²) in [4.78, 5) is 12.4. The van der Waals surface area contributed by atoms with E-state index in [4.69, 9.17) is 9.94 Å². The van der Waals surface area contributed by atoms with Gasteiger partial charge in [-0.2, -0.15) is 0 Å². The second kappa shape index (κ2) is 12.2. The molecule has 2 atom stereocenters. The molecule has 0 aliphatic rings. The van der Waals surface area contributed by atoms with Crippen LogP contribution in [0.3, 0.4) is 0 Å². The van der Waals surface area contributed by atoms with Gasteiger partial charge >= 0.3 is 0 Å². The van der Waals surface area contributed by atoms with Gasteiger partial charge in [0.15, 0.2) is 4.90 Å². The summed E-state index contributed by atoms with van der Waals surface area (Å²) < 4.78 is 18.3. The van der Waals surface area contributed by atoms with E-state index in [9.17, 15) is 9.35 Å². The number of benzene rings is 1. The average molecular weight is 356 g/mol. The van der Waals surface area contributed by atoms with Crippen molar-refractivity contribution in [3.63, 3.8) is 0 Å². The number of carbonyl (C=O) groups excluding carboxylic acids is 1. The number of ether oxygens (including phenoxy) is 1. The minimum absolute atomic E-state index is 0.494. The van der Waals surface area contributed by atoms with Crippen molar-refractivity contribution in [3.8, 4) is 5.75 Å². The third-order valence-corrected chi connectivity index (χ3v) is 5.51. The van der Waals surface area contributed by atoms with E-state index in [0.29, 0.717) is 17.9 Å². The van der Waals surface area contributed by atoms with Crippen LogP contribution in [0.25, 0.3) is 0 Å². The monoisotopic (exact) mass is 355 g/mol. The van der Waals surface area contributed by atoms with Crippen LogP contribution in [0.2, 0.25) is 0 Å². The van der Waals surface area contributed by atoms with Gasteiger partial charge in [0.2, 0.25) is 5.25 Å². The predicted molar refractivity (Wildman–Crippen MR) is 95.7 cm³/mol. The fourth-order valence-electron chi connectivity index (χ4n) is 2.33. The van der Waals surface area contributed by atoms with E-state index in [2.05, 4.69) is 13.8 Å². The second-order valence-corrected chi connectivity index (χ2v) is 7.42. The molecule has 2 N–H and O–H groups in total. The molecular weight excluding hydrogens is 326 g/mol. The quantitative estimate of drug-likeness (QED) is 0.258. The maximum Gasteiger partial charge on any atom is 0.296 e. The average Bonchev–Trinajstić information content (AvgIpc) is 2.61. The SMILES string of the molecule is CCCCCCC(C(=O)NO)[S+]([O-])c1ccc(OCCCC)cc1. The van der Waals surface area contributed by atoms with Gasteiger partial charge in [0.1, 0.15) is 5.75 Å². The first-order valence-corrected chi connectivity index (χ1v) is 9.92. The van der Waals surface area contributed by atoms with Crippen LogP contribution in [0.15, 0.2) is 29.2 Å². The van der Waals surface area contributed by atoms with E-state index in [-0.39, 0.29) is 0 Å². The van der Waals surface area contributed by atoms with Crippen molar-refractivity contribution in [2.24, 2.45) is 0 Å². The molecule has 0 saturated carbocycles. The summed E-state index contributed by atoms with van der Waals surface area (Å²) in [6.45, 7) is 4.87. The van der Waals surface area contributed by atoms with E-state index in [0.717, 1.165) is 44.3 Å². The summed E-state index contributed by atoms with van der Waals surface area (Å²) in [7, 11) is 0. The van der Waals surface area contributed by atoms with Crippen LogP contribution >= 0.6 is 0 Å². The van der Waals surface area contributed by atoms with Crippen LogP contribution in [-0.2, 0) is 16.0 Å². The predicted octanol–water partition coefficient (Wildman–Crippen LogP) is 3.82. The van der Waals surface area contributed by atoms with Crippen molar-refractivity contribution in [2.75, 3.05) is 6.61 Å². The van der Waals surface area contributed by atoms with Gasteiger partial charge in [0.05, 0.1) is 6.61 Å². The Morgan fingerprint density at radius 2 is 1.83 bits per heavy atom. The topological polar surface area (TPSA) is 81.6 Å². The lowest BCUT2D eigenvalue weighted by Crippen LogP contribution is -2.38. The molecule has 1 rings (SSSR count). The Balaban J connectivity index is 2.67. The van der Waals surface area contributed by atoms with Crippen molar-refractivity contribution in [1.29, 1.82) is 0 Å². The Morgan fingerprint density at radius 3 is 2.42 bits per heavy atom. The van der Waals surface area contributed by atoms with E-state index < -0.39 is 22.3 Å². The molecule has 0 heterocycles. The van der Waals surface area contributed by atoms with Crippen molar-refractivity contribution < 1.29 is 19.3 Å². The summed E-state index contributed by atoms with van der Waals surface area (Å²) >= 11 is -1.50. The molecule has 24 heavy (non-hydrogen) atoms. The fraction of sp³-hybridized carbons (Fsp3) is 0.611. The molecule has 2 unspecified atom stereocenters. The van der Waals surface area contributed by atoms with Gasteiger partial charge in [-0.25, -0.2) is 5.48 Å². The second-order valence-electron chi connectivity index (χ2n) is 5.78. The molecule has 0 fully saturated rings. The molecule has 0 aromatic heterocycles. The molecule has 1 aromatic carbocycles. The maximum absolute atomic E-state index is 12.7. The molecule has 136 valence electrons. The lowest BCUT2D eigenvalue weighted by molar-refractivity contribution is -0.128. The minimum atomic E-state index is -1.50. The van der Waals surface area contributed by atoms with Gasteiger partial charge in [0, 0.05) is 6.42 Å². The number of rotatable bonds is 12. The highest BCUT2D eigenvalue weighted by atomic mass is 32.2. The molecule has 1 aromatic rings. The van der Waals surface area contributed by atoms with Gasteiger partial charge in [-0.1, -0.05) is 39.5 Å². The molecule has 5 nitrogen and oxygen atoms in total. The number of nitrogens with one attached hydrogen (secondary N) is 1. The summed E-state index contributed by atoms with van der Waals surface area (Å²) in [6.07, 6.45) is 6.54. The van der Waals surface area contributed by atoms with Crippen LogP contribution in [0.5, 0.6) is 5.75 Å². The Bertz CT molecular complexity index is 467. The number of hydrogen-bond acceptors (Lipinski definition) is 4. The van der Waals surface area contributed by atoms with Crippen molar-refractivity contribution in [3.05, 3.63) is 24.3 Å². The molecule has 0 aliphatic carbocycles. The molecule has 6 heteroatoms. The van der Waals surface area contributed by atoms with Gasteiger partial charge in [0.25, 0.3) is 5.91 Å². The van der Waals surface area contributed by atoms with Gasteiger partial charge < -0.3 is 9.29 Å². The molecule has 0 radical (unpaired) electrons. The lowest BCUT2D eigenvalue weighted by Gasteiger charge is -2.20. The Morgan fingerprint density at radius 1 is 1.17 bits per heavy atom. The standard InChI is InChI=1S/C18H29NO4S/c1-3-5-7-8-9-17(18(20)19-21)24(22)16-12-10-15(11-13-16)23-14-6-4-2/h10-13,17,21H,3-9,14H2,1-2H3,(H,19,20). The number of unbranched alkanes of at least 4 members (excludes halogenated alkanes) is 4. The first-order valence-electron chi connectivity index (χ1n) is 8.71. The highest BCUT2D eigenvalue weighted by Crippen LogP contribution is 2.23. The first kappa shape index (κ1) is 20.8. The third kappa shape index (κ3) is 7.11. The van der Waals surface area contributed by atoms with Crippen LogP contribution in [0.4, 0.5) is 0 Å². The van der Waals surface area contributed by atoms with Crippen LogP contribution < -0.4 is 10.2 Å². The normalized spacial score (nSPS) is 13.3. The van der Waals surface area contributed by atoms with Crippen molar-refractivity contribution in [1.82, 2.24) is 5.48 Å². The number of hydroxylamine groups is 1. The molecular formula is C18H29NO4S. The zero-order valence-electron chi connectivity index (χ0n) is 14.6. The Hall–Kier alpha value is -1.24. The molecule has 0 saturated heterocycles. The Kier molecular flexibility index (Phi) is 10.5. The van der Waals surface area contributed by atoms with Gasteiger partial charge in [-0.05, 0) is 48.3 Å². The summed E-state index contributed by atoms with van der Waals surface area (Å²) in [5.74, 6) is 0.142. The van der Waals surface area contributed by atoms with E-state index in [1.54, 1.807) is 29.7 Å². The highest BCUT2D eigenvalue weighted by Gasteiger charge is 2.31. The van der Waals surface area contributed by atoms with E-state index in [1.165, 1.54) is 0 Å². The third-order valence-electron chi connectivity index (χ3n) is 3.80. The van der Waals surface area contributed by atoms with Crippen LogP contribution in [0, 0.1) is 0 Å². The fourth-order valence-corrected chi connectivity index (χ4v) is 3.69. The highest BCUT2D eigenvalue weighted by molar-refractivity contribution is 7.92. The summed E-state index contributed by atoms with van der Waals surface area (Å²) in [5, 5.41) is 8.18. The zero-order valence-corrected chi connectivity index (χ0v) is 15.4. The van der Waals surface area contributed by atoms with E-state index in [1.807, 2.05) is 0 Å². The van der Waals surface area contributed by atoms with Gasteiger partial charge in [-0.15, -0.1) is 0 Å². The van der Waals surface area contributed by atoms with Crippen LogP contribution in [-0.4, -0.2) is 27.5 Å². The lowest BCUT2D eigenvalue weighted by atomic mass is 10.1. The smallest absolute Gasteiger partial charge is 0.296 e. The van der Waals surface area contributed by atoms with Crippen molar-refractivity contribution >= 4 is 17.1 Å². The van der Waals surface area contributed by atoms with E-state index >= 15 is 0 Å². The number of hydrogen-bond donors (Lipinski definition) is 2. The maximum atomic E-state index is 12.7. The summed E-state index contributed by atoms with van der Waals surface area (Å²) in [6, 6.07) is 6.99. The largest absolute Gasteiger partial charge is 0.611 e. The number of amides is 1. The molecule has 0 aliphatic heterocycles. The summed E-state index contributed by atoms with van der Waals surface area (Å²) in [5.41, 5.74) is 1.65. The molecule has 1 amide bonds. The number of carbonyl (C=O) groups is 1. The van der Waals surface area contributed by atoms with Crippen molar-refractivity contribution in [2.45, 2.75) is 68.9 Å². The molecule has 0 spiro atoms. The minimum Gasteiger partial charge on any atom is -0.611 e. The molecule has 0 bridgehead atoms. The first-order chi connectivity index (χ1) is 11.6. The Labute approximate surface area is 147 Å². The zero-order chi connectivity index (χ0) is 17.8.